The highest BCUT2D eigenvalue weighted by molar-refractivity contribution is 6.35. The molecule has 3 aromatic rings. The maximum absolute atomic E-state index is 14.2. The third-order valence-electron chi connectivity index (χ3n) is 12.1. The van der Waals surface area contributed by atoms with E-state index in [2.05, 4.69) is 55.9 Å². The standard InChI is InChI=1S/C38H48Cl2N8O2/c1-23-20-46(21-24(2)48(23)22-41)36(43-33-17-27-16-31(25(33)3)38(27,4)5)42-29-8-9-30-34(19-29)44-37(45-12-14-50-15-13-45)47(35(30)49)11-10-26-6-7-28(39)18-32(26)40/h6-9,18-19,23-25,27,31,33H,10-17,20-21H2,1-5H3,(H,42,43)/t23-,24+,25-,27-,31-,33+/m1/s1. The highest BCUT2D eigenvalue weighted by atomic mass is 35.5. The fraction of sp³-hybridized carbons (Fsp3) is 0.579. The van der Waals surface area contributed by atoms with Gasteiger partial charge in [-0.25, -0.2) is 9.98 Å². The molecule has 8 rings (SSSR count). The van der Waals surface area contributed by atoms with Gasteiger partial charge in [-0.3, -0.25) is 9.36 Å². The summed E-state index contributed by atoms with van der Waals surface area (Å²) in [5.74, 6) is 3.37. The van der Waals surface area contributed by atoms with Gasteiger partial charge in [0.25, 0.3) is 5.56 Å². The van der Waals surface area contributed by atoms with Gasteiger partial charge in [0.1, 0.15) is 0 Å². The van der Waals surface area contributed by atoms with Gasteiger partial charge in [-0.15, -0.1) is 0 Å². The number of hydrogen-bond donors (Lipinski definition) is 1. The maximum atomic E-state index is 14.2. The first-order valence-electron chi connectivity index (χ1n) is 18.0. The Hall–Kier alpha value is -3.52. The smallest absolute Gasteiger partial charge is 0.262 e. The molecule has 2 bridgehead atoms. The number of piperazine rings is 1. The van der Waals surface area contributed by atoms with Crippen molar-refractivity contribution >= 4 is 51.7 Å². The Kier molecular flexibility index (Phi) is 9.70. The van der Waals surface area contributed by atoms with E-state index in [1.165, 1.54) is 6.42 Å². The van der Waals surface area contributed by atoms with Crippen LogP contribution in [-0.4, -0.2) is 82.8 Å². The minimum atomic E-state index is -0.0939. The Labute approximate surface area is 305 Å². The molecule has 266 valence electrons. The number of morpholine rings is 1. The minimum Gasteiger partial charge on any atom is -0.378 e. The molecule has 3 heterocycles. The van der Waals surface area contributed by atoms with Crippen molar-refractivity contribution in [2.45, 2.75) is 78.6 Å². The van der Waals surface area contributed by atoms with E-state index in [1.54, 1.807) is 10.6 Å². The van der Waals surface area contributed by atoms with Crippen molar-refractivity contribution in [2.24, 2.45) is 28.2 Å². The van der Waals surface area contributed by atoms with Crippen molar-refractivity contribution < 1.29 is 4.74 Å². The van der Waals surface area contributed by atoms with Crippen LogP contribution >= 0.6 is 23.2 Å². The van der Waals surface area contributed by atoms with Gasteiger partial charge in [0.15, 0.2) is 12.2 Å². The van der Waals surface area contributed by atoms with Gasteiger partial charge in [0.05, 0.1) is 41.9 Å². The van der Waals surface area contributed by atoms with E-state index < -0.39 is 0 Å². The highest BCUT2D eigenvalue weighted by Gasteiger charge is 2.56. The van der Waals surface area contributed by atoms with E-state index in [1.807, 2.05) is 35.2 Å². The van der Waals surface area contributed by atoms with E-state index in [4.69, 9.17) is 37.9 Å². The van der Waals surface area contributed by atoms with Crippen molar-refractivity contribution in [3.63, 3.8) is 0 Å². The molecule has 5 aliphatic rings. The van der Waals surface area contributed by atoms with E-state index in [0.29, 0.717) is 108 Å². The second-order valence-electron chi connectivity index (χ2n) is 15.4. The zero-order chi connectivity index (χ0) is 35.3. The number of nitriles is 1. The predicted molar refractivity (Wildman–Crippen MR) is 200 cm³/mol. The molecule has 6 atom stereocenters. The molecule has 2 saturated heterocycles. The summed E-state index contributed by atoms with van der Waals surface area (Å²) in [5.41, 5.74) is 2.56. The lowest BCUT2D eigenvalue weighted by molar-refractivity contribution is -0.112. The van der Waals surface area contributed by atoms with Crippen LogP contribution in [0.2, 0.25) is 10.0 Å². The number of benzene rings is 2. The molecule has 12 heteroatoms. The van der Waals surface area contributed by atoms with Gasteiger partial charge in [-0.05, 0) is 92.2 Å². The molecule has 0 amide bonds. The number of fused-ring (bicyclic) bond motifs is 3. The Bertz CT molecular complexity index is 1870. The zero-order valence-electron chi connectivity index (χ0n) is 29.7. The Morgan fingerprint density at radius 2 is 1.82 bits per heavy atom. The summed E-state index contributed by atoms with van der Waals surface area (Å²) in [6.07, 6.45) is 5.38. The number of guanidine groups is 1. The lowest BCUT2D eigenvalue weighted by atomic mass is 9.45. The number of halogens is 2. The van der Waals surface area contributed by atoms with Crippen molar-refractivity contribution in [3.05, 3.63) is 62.4 Å². The minimum absolute atomic E-state index is 0.0578. The fourth-order valence-corrected chi connectivity index (χ4v) is 9.45. The van der Waals surface area contributed by atoms with Crippen LogP contribution in [0.5, 0.6) is 0 Å². The number of aryl methyl sites for hydroxylation is 1. The molecule has 2 aliphatic heterocycles. The third-order valence-corrected chi connectivity index (χ3v) is 12.7. The quantitative estimate of drug-likeness (QED) is 0.180. The van der Waals surface area contributed by atoms with Crippen LogP contribution in [0.4, 0.5) is 11.6 Å². The van der Waals surface area contributed by atoms with Crippen LogP contribution in [0, 0.1) is 34.6 Å². The molecule has 10 nitrogen and oxygen atoms in total. The number of aromatic nitrogens is 2. The number of rotatable bonds is 6. The topological polar surface area (TPSA) is 102 Å². The molecule has 0 spiro atoms. The molecular formula is C38H48Cl2N8O2. The van der Waals surface area contributed by atoms with Crippen molar-refractivity contribution in [2.75, 3.05) is 44.3 Å². The van der Waals surface area contributed by atoms with Crippen molar-refractivity contribution in [1.82, 2.24) is 24.7 Å². The average molecular weight is 720 g/mol. The summed E-state index contributed by atoms with van der Waals surface area (Å²) in [5, 5.41) is 15.4. The van der Waals surface area contributed by atoms with E-state index in [9.17, 15) is 10.1 Å². The maximum Gasteiger partial charge on any atom is 0.262 e. The summed E-state index contributed by atoms with van der Waals surface area (Å²) >= 11 is 12.6. The molecular weight excluding hydrogens is 671 g/mol. The molecule has 0 radical (unpaired) electrons. The fourth-order valence-electron chi connectivity index (χ4n) is 8.95. The first-order chi connectivity index (χ1) is 23.9. The summed E-state index contributed by atoms with van der Waals surface area (Å²) in [6.45, 7) is 15.7. The summed E-state index contributed by atoms with van der Waals surface area (Å²) in [6, 6.07) is 11.6. The second kappa shape index (κ2) is 13.9. The lowest BCUT2D eigenvalue weighted by Crippen LogP contribution is -2.64. The van der Waals surface area contributed by atoms with Crippen LogP contribution < -0.4 is 15.8 Å². The highest BCUT2D eigenvalue weighted by Crippen LogP contribution is 2.61. The number of aliphatic imine (C=N–C) groups is 1. The van der Waals surface area contributed by atoms with Crippen LogP contribution in [0.1, 0.15) is 53.0 Å². The molecule has 5 fully saturated rings. The number of nitrogens with one attached hydrogen (secondary N) is 1. The zero-order valence-corrected chi connectivity index (χ0v) is 31.2. The molecule has 1 aromatic heterocycles. The van der Waals surface area contributed by atoms with Gasteiger partial charge in [0, 0.05) is 48.8 Å². The van der Waals surface area contributed by atoms with Crippen LogP contribution in [-0.2, 0) is 17.7 Å². The SMILES string of the molecule is C[C@H]1[C@@H](NC(=Nc2ccc3c(=O)n(CCc4ccc(Cl)cc4Cl)c(N4CCOCC4)nc3c2)N2C[C@@H](C)N(C#N)[C@@H](C)C2)C[C@H]2C[C@H]1C2(C)C. The van der Waals surface area contributed by atoms with Crippen LogP contribution in [0.15, 0.2) is 46.2 Å². The van der Waals surface area contributed by atoms with E-state index in [0.717, 1.165) is 23.6 Å². The van der Waals surface area contributed by atoms with Gasteiger partial charge >= 0.3 is 0 Å². The number of nitrogens with zero attached hydrogens (tertiary/aromatic N) is 7. The summed E-state index contributed by atoms with van der Waals surface area (Å²) < 4.78 is 7.40. The monoisotopic (exact) mass is 718 g/mol. The van der Waals surface area contributed by atoms with E-state index >= 15 is 0 Å². The molecule has 3 aliphatic carbocycles. The van der Waals surface area contributed by atoms with Gasteiger partial charge < -0.3 is 24.8 Å². The first kappa shape index (κ1) is 34.9. The average Bonchev–Trinajstić information content (AvgIpc) is 3.09. The van der Waals surface area contributed by atoms with Crippen LogP contribution in [0.25, 0.3) is 10.9 Å². The predicted octanol–water partition coefficient (Wildman–Crippen LogP) is 6.31. The summed E-state index contributed by atoms with van der Waals surface area (Å²) in [7, 11) is 0. The Morgan fingerprint density at radius 1 is 1.08 bits per heavy atom. The molecule has 1 N–H and O–H groups in total. The Balaban J connectivity index is 1.24. The van der Waals surface area contributed by atoms with Gasteiger partial charge in [-0.2, -0.15) is 5.26 Å². The van der Waals surface area contributed by atoms with Gasteiger partial charge in [0.2, 0.25) is 5.95 Å². The molecule has 2 aromatic carbocycles. The largest absolute Gasteiger partial charge is 0.378 e. The van der Waals surface area contributed by atoms with E-state index in [-0.39, 0.29) is 17.6 Å². The first-order valence-corrected chi connectivity index (χ1v) is 18.8. The normalized spacial score (nSPS) is 28.0. The van der Waals surface area contributed by atoms with Crippen molar-refractivity contribution in [3.8, 4) is 6.19 Å². The summed E-state index contributed by atoms with van der Waals surface area (Å²) in [4.78, 5) is 30.9. The number of hydrogen-bond acceptors (Lipinski definition) is 7. The van der Waals surface area contributed by atoms with Crippen LogP contribution in [0.3, 0.4) is 0 Å². The second-order valence-corrected chi connectivity index (χ2v) is 16.3. The molecule has 50 heavy (non-hydrogen) atoms. The molecule has 3 saturated carbocycles. The number of ether oxygens (including phenoxy) is 1. The molecule has 0 unspecified atom stereocenters. The third kappa shape index (κ3) is 6.53. The number of anilines is 1. The van der Waals surface area contributed by atoms with Gasteiger partial charge in [-0.1, -0.05) is 50.0 Å². The lowest BCUT2D eigenvalue weighted by Gasteiger charge is -2.62. The van der Waals surface area contributed by atoms with Crippen molar-refractivity contribution in [1.29, 1.82) is 5.26 Å². The Morgan fingerprint density at radius 3 is 2.48 bits per heavy atom.